The zero-order chi connectivity index (χ0) is 16.9. The van der Waals surface area contributed by atoms with Crippen LogP contribution in [0.2, 0.25) is 0 Å². The molecule has 1 aromatic rings. The molecule has 1 atom stereocenters. The van der Waals surface area contributed by atoms with E-state index >= 15 is 0 Å². The molecular formula is C18H28N4O2. The summed E-state index contributed by atoms with van der Waals surface area (Å²) < 4.78 is 2.30. The van der Waals surface area contributed by atoms with Gasteiger partial charge in [0.05, 0.1) is 0 Å². The molecule has 1 aliphatic carbocycles. The van der Waals surface area contributed by atoms with Crippen LogP contribution >= 0.6 is 0 Å². The van der Waals surface area contributed by atoms with Gasteiger partial charge in [0.25, 0.3) is 0 Å². The predicted molar refractivity (Wildman–Crippen MR) is 91.4 cm³/mol. The first-order chi connectivity index (χ1) is 11.6. The Balaban J connectivity index is 1.51. The topological polar surface area (TPSA) is 67.2 Å². The third kappa shape index (κ3) is 4.58. The molecule has 2 amide bonds. The summed E-state index contributed by atoms with van der Waals surface area (Å²) in [4.78, 5) is 29.8. The molecule has 132 valence electrons. The Kier molecular flexibility index (Phi) is 5.53. The van der Waals surface area contributed by atoms with E-state index in [1.807, 2.05) is 11.1 Å². The van der Waals surface area contributed by atoms with Gasteiger partial charge >= 0.3 is 0 Å². The molecule has 2 fully saturated rings. The van der Waals surface area contributed by atoms with Gasteiger partial charge in [0.1, 0.15) is 5.82 Å². The van der Waals surface area contributed by atoms with Crippen molar-refractivity contribution < 1.29 is 9.59 Å². The van der Waals surface area contributed by atoms with Crippen molar-refractivity contribution in [3.63, 3.8) is 0 Å². The standard InChI is InChI=1S/C18H28N4O2/c1-14(23)19-8-2-5-17(24)21-10-3-4-16(13-21)18-20-9-11-22(18)12-15-6-7-15/h9,11,15-16H,2-8,10,12-13H2,1H3,(H,19,23)/t16-/m1/s1. The fraction of sp³-hybridized carbons (Fsp3) is 0.722. The number of rotatable bonds is 7. The molecule has 6 heteroatoms. The van der Waals surface area contributed by atoms with Gasteiger partial charge < -0.3 is 14.8 Å². The molecule has 0 bridgehead atoms. The first kappa shape index (κ1) is 17.0. The number of piperidine rings is 1. The quantitative estimate of drug-likeness (QED) is 0.776. The minimum atomic E-state index is -0.0389. The molecule has 1 aromatic heterocycles. The van der Waals surface area contributed by atoms with E-state index in [-0.39, 0.29) is 11.8 Å². The number of hydrogen-bond donors (Lipinski definition) is 1. The fourth-order valence-corrected chi connectivity index (χ4v) is 3.49. The van der Waals surface area contributed by atoms with E-state index in [9.17, 15) is 9.59 Å². The SMILES string of the molecule is CC(=O)NCCCC(=O)N1CCC[C@@H](c2nccn2CC2CC2)C1. The van der Waals surface area contributed by atoms with E-state index in [2.05, 4.69) is 21.1 Å². The van der Waals surface area contributed by atoms with Crippen LogP contribution in [0.3, 0.4) is 0 Å². The molecular weight excluding hydrogens is 304 g/mol. The van der Waals surface area contributed by atoms with Crippen LogP contribution in [0.5, 0.6) is 0 Å². The second-order valence-corrected chi connectivity index (χ2v) is 7.15. The van der Waals surface area contributed by atoms with Gasteiger partial charge in [0.15, 0.2) is 0 Å². The Morgan fingerprint density at radius 2 is 2.17 bits per heavy atom. The normalized spacial score (nSPS) is 20.9. The van der Waals surface area contributed by atoms with Gasteiger partial charge in [-0.3, -0.25) is 9.59 Å². The molecule has 0 unspecified atom stereocenters. The summed E-state index contributed by atoms with van der Waals surface area (Å²) in [6, 6.07) is 0. The van der Waals surface area contributed by atoms with E-state index < -0.39 is 0 Å². The Labute approximate surface area is 143 Å². The highest BCUT2D eigenvalue weighted by Crippen LogP contribution is 2.33. The van der Waals surface area contributed by atoms with E-state index in [1.165, 1.54) is 19.8 Å². The maximum absolute atomic E-state index is 12.4. The Bertz CT molecular complexity index is 579. The molecule has 2 heterocycles. The minimum Gasteiger partial charge on any atom is -0.356 e. The summed E-state index contributed by atoms with van der Waals surface area (Å²) in [6.45, 7) is 4.78. The van der Waals surface area contributed by atoms with Crippen LogP contribution < -0.4 is 5.32 Å². The molecule has 3 rings (SSSR count). The van der Waals surface area contributed by atoms with Crippen LogP contribution in [0.15, 0.2) is 12.4 Å². The number of hydrogen-bond acceptors (Lipinski definition) is 3. The van der Waals surface area contributed by atoms with E-state index in [0.29, 0.717) is 25.3 Å². The number of nitrogens with zero attached hydrogens (tertiary/aromatic N) is 3. The summed E-state index contributed by atoms with van der Waals surface area (Å²) in [5.74, 6) is 2.49. The third-order valence-electron chi connectivity index (χ3n) is 4.98. The first-order valence-corrected chi connectivity index (χ1v) is 9.16. The van der Waals surface area contributed by atoms with Crippen molar-refractivity contribution in [2.45, 2.75) is 57.9 Å². The van der Waals surface area contributed by atoms with Crippen LogP contribution in [-0.4, -0.2) is 45.9 Å². The highest BCUT2D eigenvalue weighted by atomic mass is 16.2. The number of aromatic nitrogens is 2. The van der Waals surface area contributed by atoms with Gasteiger partial charge in [0.2, 0.25) is 11.8 Å². The van der Waals surface area contributed by atoms with Crippen molar-refractivity contribution in [1.29, 1.82) is 0 Å². The molecule has 1 saturated heterocycles. The van der Waals surface area contributed by atoms with Gasteiger partial charge in [-0.2, -0.15) is 0 Å². The van der Waals surface area contributed by atoms with Crippen molar-refractivity contribution in [3.8, 4) is 0 Å². The van der Waals surface area contributed by atoms with Gasteiger partial charge in [-0.25, -0.2) is 4.98 Å². The minimum absolute atomic E-state index is 0.0389. The Morgan fingerprint density at radius 1 is 1.33 bits per heavy atom. The van der Waals surface area contributed by atoms with Crippen LogP contribution in [0, 0.1) is 5.92 Å². The summed E-state index contributed by atoms with van der Waals surface area (Å²) in [5, 5.41) is 2.74. The van der Waals surface area contributed by atoms with Crippen molar-refractivity contribution in [2.24, 2.45) is 5.92 Å². The lowest BCUT2D eigenvalue weighted by Gasteiger charge is -2.33. The van der Waals surface area contributed by atoms with Gasteiger partial charge in [-0.05, 0) is 38.0 Å². The van der Waals surface area contributed by atoms with Crippen LogP contribution in [0.1, 0.15) is 57.2 Å². The van der Waals surface area contributed by atoms with Crippen LogP contribution in [0.4, 0.5) is 0 Å². The van der Waals surface area contributed by atoms with Crippen molar-refractivity contribution in [2.75, 3.05) is 19.6 Å². The van der Waals surface area contributed by atoms with Gasteiger partial charge in [0, 0.05) is 57.8 Å². The summed E-state index contributed by atoms with van der Waals surface area (Å²) in [5.41, 5.74) is 0. The lowest BCUT2D eigenvalue weighted by Crippen LogP contribution is -2.40. The van der Waals surface area contributed by atoms with Gasteiger partial charge in [-0.1, -0.05) is 0 Å². The van der Waals surface area contributed by atoms with Crippen molar-refractivity contribution in [1.82, 2.24) is 19.8 Å². The Hall–Kier alpha value is -1.85. The molecule has 6 nitrogen and oxygen atoms in total. The number of carbonyl (C=O) groups excluding carboxylic acids is 2. The second-order valence-electron chi connectivity index (χ2n) is 7.15. The number of carbonyl (C=O) groups is 2. The van der Waals surface area contributed by atoms with Crippen LogP contribution in [0.25, 0.3) is 0 Å². The highest BCUT2D eigenvalue weighted by Gasteiger charge is 2.29. The second kappa shape index (κ2) is 7.81. The number of imidazole rings is 1. The Morgan fingerprint density at radius 3 is 2.92 bits per heavy atom. The highest BCUT2D eigenvalue weighted by molar-refractivity contribution is 5.76. The average Bonchev–Trinajstić information content (AvgIpc) is 3.26. The van der Waals surface area contributed by atoms with Crippen molar-refractivity contribution >= 4 is 11.8 Å². The number of amides is 2. The third-order valence-corrected chi connectivity index (χ3v) is 4.98. The largest absolute Gasteiger partial charge is 0.356 e. The lowest BCUT2D eigenvalue weighted by atomic mass is 9.96. The molecule has 0 aromatic carbocycles. The maximum atomic E-state index is 12.4. The molecule has 0 radical (unpaired) electrons. The zero-order valence-electron chi connectivity index (χ0n) is 14.5. The molecule has 2 aliphatic rings. The van der Waals surface area contributed by atoms with E-state index in [0.717, 1.165) is 44.2 Å². The zero-order valence-corrected chi connectivity index (χ0v) is 14.5. The number of likely N-dealkylation sites (tertiary alicyclic amines) is 1. The predicted octanol–water partition coefficient (Wildman–Crippen LogP) is 1.92. The molecule has 1 saturated carbocycles. The van der Waals surface area contributed by atoms with Gasteiger partial charge in [-0.15, -0.1) is 0 Å². The summed E-state index contributed by atoms with van der Waals surface area (Å²) >= 11 is 0. The maximum Gasteiger partial charge on any atom is 0.222 e. The van der Waals surface area contributed by atoms with E-state index in [1.54, 1.807) is 0 Å². The monoisotopic (exact) mass is 332 g/mol. The first-order valence-electron chi connectivity index (χ1n) is 9.16. The lowest BCUT2D eigenvalue weighted by molar-refractivity contribution is -0.132. The molecule has 1 aliphatic heterocycles. The number of nitrogens with one attached hydrogen (secondary N) is 1. The van der Waals surface area contributed by atoms with E-state index in [4.69, 9.17) is 0 Å². The summed E-state index contributed by atoms with van der Waals surface area (Å²) in [6.07, 6.45) is 10.0. The average molecular weight is 332 g/mol. The summed E-state index contributed by atoms with van der Waals surface area (Å²) in [7, 11) is 0. The fourth-order valence-electron chi connectivity index (χ4n) is 3.49. The molecule has 24 heavy (non-hydrogen) atoms. The molecule has 1 N–H and O–H groups in total. The van der Waals surface area contributed by atoms with Crippen molar-refractivity contribution in [3.05, 3.63) is 18.2 Å². The smallest absolute Gasteiger partial charge is 0.222 e. The van der Waals surface area contributed by atoms with Crippen LogP contribution in [-0.2, 0) is 16.1 Å². The molecule has 0 spiro atoms.